The van der Waals surface area contributed by atoms with E-state index in [-0.39, 0.29) is 11.5 Å². The van der Waals surface area contributed by atoms with Gasteiger partial charge in [-0.15, -0.1) is 0 Å². The maximum Gasteiger partial charge on any atom is 0.325 e. The minimum atomic E-state index is -0.554. The molecule has 0 aliphatic carbocycles. The smallest absolute Gasteiger partial charge is 0.325 e. The lowest BCUT2D eigenvalue weighted by atomic mass is 10.0. The number of aromatic nitrogens is 3. The average molecular weight is 409 g/mol. The van der Waals surface area contributed by atoms with Crippen LogP contribution in [-0.4, -0.2) is 36.3 Å². The first-order valence-electron chi connectivity index (χ1n) is 9.19. The number of nitrogens with zero attached hydrogens (tertiary/aromatic N) is 4. The molecule has 2 aromatic carbocycles. The molecule has 0 spiro atoms. The first-order chi connectivity index (χ1) is 13.9. The Balaban J connectivity index is 2.02. The lowest BCUT2D eigenvalue weighted by Gasteiger charge is -2.31. The van der Waals surface area contributed by atoms with Crippen molar-refractivity contribution in [1.29, 1.82) is 0 Å². The summed E-state index contributed by atoms with van der Waals surface area (Å²) in [4.78, 5) is 32.3. The van der Waals surface area contributed by atoms with E-state index in [9.17, 15) is 9.59 Å². The molecular formula is C21H22N5O2S+. The number of hydrogen-bond acceptors (Lipinski definition) is 5. The van der Waals surface area contributed by atoms with Crippen LogP contribution in [0.15, 0.2) is 58.5 Å². The summed E-state index contributed by atoms with van der Waals surface area (Å²) in [6, 6.07) is 15.4. The molecule has 0 bridgehead atoms. The minimum absolute atomic E-state index is 0.120. The first-order valence-corrected chi connectivity index (χ1v) is 10.4. The molecule has 3 aromatic rings. The molecule has 4 rings (SSSR count). The molecule has 29 heavy (non-hydrogen) atoms. The van der Waals surface area contributed by atoms with Crippen LogP contribution < -0.4 is 20.0 Å². The number of benzene rings is 2. The third-order valence-electron chi connectivity index (χ3n) is 5.00. The number of H-pyrrole nitrogens is 1. The van der Waals surface area contributed by atoms with E-state index in [2.05, 4.69) is 10.1 Å². The number of nitrogens with one attached hydrogen (secondary N) is 1. The van der Waals surface area contributed by atoms with Gasteiger partial charge in [-0.2, -0.15) is 0 Å². The standard InChI is InChI=1S/C21H21N5O2S/c1-13(27)25-17-8-6-5-7-16(17)18-19(28)22-21(29-4)23-26(18)20(25)14-9-11-15(12-10-14)24(2)3/h5-12,20H,1-4H3/p+1. The Bertz CT molecular complexity index is 1140. The van der Waals surface area contributed by atoms with E-state index in [1.165, 1.54) is 18.7 Å². The van der Waals surface area contributed by atoms with Gasteiger partial charge in [0.1, 0.15) is 0 Å². The number of fused-ring (bicyclic) bond motifs is 3. The van der Waals surface area contributed by atoms with Crippen molar-refractivity contribution in [3.8, 4) is 11.3 Å². The number of carbonyl (C=O) groups excluding carboxylic acids is 1. The van der Waals surface area contributed by atoms with E-state index in [0.717, 1.165) is 11.3 Å². The van der Waals surface area contributed by atoms with Crippen molar-refractivity contribution in [3.05, 3.63) is 64.4 Å². The summed E-state index contributed by atoms with van der Waals surface area (Å²) in [6.45, 7) is 1.53. The van der Waals surface area contributed by atoms with Gasteiger partial charge in [-0.1, -0.05) is 23.9 Å². The summed E-state index contributed by atoms with van der Waals surface area (Å²) in [5.41, 5.74) is 3.52. The quantitative estimate of drug-likeness (QED) is 0.532. The van der Waals surface area contributed by atoms with E-state index in [0.29, 0.717) is 22.1 Å². The van der Waals surface area contributed by atoms with E-state index < -0.39 is 6.17 Å². The van der Waals surface area contributed by atoms with Gasteiger partial charge in [-0.05, 0) is 47.3 Å². The second-order valence-corrected chi connectivity index (χ2v) is 7.82. The van der Waals surface area contributed by atoms with E-state index in [1.54, 1.807) is 9.58 Å². The molecular weight excluding hydrogens is 386 g/mol. The predicted molar refractivity (Wildman–Crippen MR) is 114 cm³/mol. The van der Waals surface area contributed by atoms with Crippen LogP contribution in [0, 0.1) is 0 Å². The van der Waals surface area contributed by atoms with Crippen molar-refractivity contribution in [2.75, 3.05) is 30.2 Å². The zero-order valence-corrected chi connectivity index (χ0v) is 17.5. The highest BCUT2D eigenvalue weighted by Crippen LogP contribution is 2.37. The predicted octanol–water partition coefficient (Wildman–Crippen LogP) is 2.43. The number of aromatic amines is 1. The van der Waals surface area contributed by atoms with E-state index in [4.69, 9.17) is 0 Å². The summed E-state index contributed by atoms with van der Waals surface area (Å²) in [7, 11) is 3.95. The van der Waals surface area contributed by atoms with Crippen LogP contribution >= 0.6 is 11.8 Å². The fourth-order valence-corrected chi connectivity index (χ4v) is 4.01. The molecule has 1 aromatic heterocycles. The lowest BCUT2D eigenvalue weighted by Crippen LogP contribution is -2.60. The number of thioether (sulfide) groups is 1. The van der Waals surface area contributed by atoms with Gasteiger partial charge < -0.3 is 4.90 Å². The number of para-hydroxylation sites is 1. The largest absolute Gasteiger partial charge is 0.378 e. The molecule has 2 heterocycles. The summed E-state index contributed by atoms with van der Waals surface area (Å²) < 4.78 is 1.67. The molecule has 0 saturated carbocycles. The summed E-state index contributed by atoms with van der Waals surface area (Å²) in [6.07, 6.45) is 1.30. The van der Waals surface area contributed by atoms with Gasteiger partial charge in [0.25, 0.3) is 6.17 Å². The minimum Gasteiger partial charge on any atom is -0.378 e. The normalized spacial score (nSPS) is 14.9. The van der Waals surface area contributed by atoms with Crippen molar-refractivity contribution in [3.63, 3.8) is 0 Å². The molecule has 8 heteroatoms. The molecule has 0 radical (unpaired) electrons. The molecule has 1 unspecified atom stereocenters. The number of anilines is 2. The van der Waals surface area contributed by atoms with Crippen LogP contribution in [0.4, 0.5) is 11.4 Å². The van der Waals surface area contributed by atoms with Crippen LogP contribution in [0.3, 0.4) is 0 Å². The number of amides is 1. The fraction of sp³-hybridized carbons (Fsp3) is 0.238. The topological polar surface area (TPSA) is 73.2 Å². The fourth-order valence-electron chi connectivity index (χ4n) is 3.65. The van der Waals surface area contributed by atoms with Crippen molar-refractivity contribution in [2.45, 2.75) is 18.2 Å². The van der Waals surface area contributed by atoms with Crippen molar-refractivity contribution >= 4 is 29.0 Å². The van der Waals surface area contributed by atoms with Crippen molar-refractivity contribution in [1.82, 2.24) is 10.1 Å². The lowest BCUT2D eigenvalue weighted by molar-refractivity contribution is -0.763. The summed E-state index contributed by atoms with van der Waals surface area (Å²) in [5, 5.41) is 5.16. The van der Waals surface area contributed by atoms with Gasteiger partial charge >= 0.3 is 11.3 Å². The maximum absolute atomic E-state index is 13.0. The van der Waals surface area contributed by atoms with E-state index >= 15 is 0 Å². The van der Waals surface area contributed by atoms with Crippen LogP contribution in [0.1, 0.15) is 18.7 Å². The van der Waals surface area contributed by atoms with Gasteiger partial charge in [0.2, 0.25) is 11.1 Å². The van der Waals surface area contributed by atoms with Gasteiger partial charge in [-0.25, -0.2) is 4.90 Å². The average Bonchev–Trinajstić information content (AvgIpc) is 2.72. The van der Waals surface area contributed by atoms with Gasteiger partial charge in [0.05, 0.1) is 11.3 Å². The highest BCUT2D eigenvalue weighted by molar-refractivity contribution is 7.98. The summed E-state index contributed by atoms with van der Waals surface area (Å²) in [5.74, 6) is -0.120. The first kappa shape index (κ1) is 19.2. The third-order valence-corrected chi connectivity index (χ3v) is 5.57. The molecule has 1 aliphatic heterocycles. The van der Waals surface area contributed by atoms with Crippen LogP contribution in [0.2, 0.25) is 0 Å². The molecule has 1 aliphatic rings. The highest BCUT2D eigenvalue weighted by Gasteiger charge is 2.44. The monoisotopic (exact) mass is 408 g/mol. The molecule has 148 valence electrons. The molecule has 1 atom stereocenters. The Morgan fingerprint density at radius 1 is 1.17 bits per heavy atom. The highest BCUT2D eigenvalue weighted by atomic mass is 32.2. The van der Waals surface area contributed by atoms with E-state index in [1.807, 2.05) is 73.8 Å². The second-order valence-electron chi connectivity index (χ2n) is 7.02. The summed E-state index contributed by atoms with van der Waals surface area (Å²) >= 11 is 1.35. The number of rotatable bonds is 3. The molecule has 7 nitrogen and oxygen atoms in total. The Labute approximate surface area is 173 Å². The molecule has 1 amide bonds. The van der Waals surface area contributed by atoms with Gasteiger partial charge in [0.15, 0.2) is 0 Å². The van der Waals surface area contributed by atoms with Gasteiger partial charge in [-0.3, -0.25) is 14.6 Å². The van der Waals surface area contributed by atoms with Gasteiger partial charge in [0, 0.05) is 37.4 Å². The number of carbonyl (C=O) groups is 1. The Hall–Kier alpha value is -3.13. The number of hydrogen-bond donors (Lipinski definition) is 1. The second kappa shape index (κ2) is 7.36. The Morgan fingerprint density at radius 2 is 1.86 bits per heavy atom. The zero-order valence-electron chi connectivity index (χ0n) is 16.7. The van der Waals surface area contributed by atoms with Crippen molar-refractivity contribution in [2.24, 2.45) is 0 Å². The van der Waals surface area contributed by atoms with Crippen LogP contribution in [-0.2, 0) is 4.79 Å². The van der Waals surface area contributed by atoms with Crippen LogP contribution in [0.25, 0.3) is 11.3 Å². The maximum atomic E-state index is 13.0. The third kappa shape index (κ3) is 3.19. The van der Waals surface area contributed by atoms with Crippen LogP contribution in [0.5, 0.6) is 0 Å². The Kier molecular flexibility index (Phi) is 4.87. The van der Waals surface area contributed by atoms with Crippen molar-refractivity contribution < 1.29 is 9.48 Å². The Morgan fingerprint density at radius 3 is 2.48 bits per heavy atom. The zero-order chi connectivity index (χ0) is 20.7. The molecule has 0 saturated heterocycles. The molecule has 1 N–H and O–H groups in total. The molecule has 0 fully saturated rings. The SMILES string of the molecule is CSc1n[n+]2c(c(=O)[nH]1)-c1ccccc1N(C(C)=O)C2c1ccc(N(C)C)cc1.